The van der Waals surface area contributed by atoms with Gasteiger partial charge in [0, 0.05) is 30.4 Å². The Bertz CT molecular complexity index is 493. The fourth-order valence-corrected chi connectivity index (χ4v) is 2.60. The molecule has 82 valence electrons. The van der Waals surface area contributed by atoms with E-state index in [1.54, 1.807) is 11.3 Å². The molecule has 0 aliphatic carbocycles. The van der Waals surface area contributed by atoms with E-state index in [2.05, 4.69) is 40.4 Å². The molecule has 1 aliphatic heterocycles. The first-order valence-corrected chi connectivity index (χ1v) is 6.16. The van der Waals surface area contributed by atoms with Gasteiger partial charge in [0.25, 0.3) is 0 Å². The van der Waals surface area contributed by atoms with Crippen molar-refractivity contribution in [1.82, 2.24) is 9.88 Å². The van der Waals surface area contributed by atoms with Gasteiger partial charge < -0.3 is 5.32 Å². The Labute approximate surface area is 98.7 Å². The summed E-state index contributed by atoms with van der Waals surface area (Å²) in [5.41, 5.74) is 3.99. The summed E-state index contributed by atoms with van der Waals surface area (Å²) in [4.78, 5) is 6.53. The highest BCUT2D eigenvalue weighted by Gasteiger charge is 2.15. The molecule has 16 heavy (non-hydrogen) atoms. The molecular formula is C12H13N3S. The van der Waals surface area contributed by atoms with E-state index >= 15 is 0 Å². The van der Waals surface area contributed by atoms with Crippen molar-refractivity contribution in [3.63, 3.8) is 0 Å². The summed E-state index contributed by atoms with van der Waals surface area (Å²) in [6.45, 7) is 2.11. The highest BCUT2D eigenvalue weighted by molar-refractivity contribution is 7.13. The van der Waals surface area contributed by atoms with E-state index < -0.39 is 0 Å². The predicted octanol–water partition coefficient (Wildman–Crippen LogP) is 2.83. The zero-order chi connectivity index (χ0) is 11.0. The maximum Gasteiger partial charge on any atom is 0.187 e. The second-order valence-corrected chi connectivity index (χ2v) is 5.01. The van der Waals surface area contributed by atoms with Crippen molar-refractivity contribution in [3.8, 4) is 0 Å². The van der Waals surface area contributed by atoms with E-state index in [9.17, 15) is 0 Å². The lowest BCUT2D eigenvalue weighted by Crippen LogP contribution is -2.07. The molecule has 1 aliphatic rings. The van der Waals surface area contributed by atoms with E-state index in [1.807, 2.05) is 11.6 Å². The summed E-state index contributed by atoms with van der Waals surface area (Å²) in [5, 5.41) is 6.24. The molecule has 0 amide bonds. The summed E-state index contributed by atoms with van der Waals surface area (Å²) in [7, 11) is 2.15. The Balaban J connectivity index is 1.85. The fraction of sp³-hybridized carbons (Fsp3) is 0.250. The van der Waals surface area contributed by atoms with Gasteiger partial charge in [0.15, 0.2) is 5.13 Å². The number of benzene rings is 1. The third kappa shape index (κ3) is 1.81. The van der Waals surface area contributed by atoms with E-state index in [-0.39, 0.29) is 0 Å². The Kier molecular flexibility index (Phi) is 2.38. The van der Waals surface area contributed by atoms with E-state index in [1.165, 1.54) is 11.1 Å². The van der Waals surface area contributed by atoms with Crippen LogP contribution in [0, 0.1) is 0 Å². The van der Waals surface area contributed by atoms with E-state index in [0.29, 0.717) is 0 Å². The van der Waals surface area contributed by atoms with Crippen LogP contribution in [0.4, 0.5) is 10.8 Å². The lowest BCUT2D eigenvalue weighted by Gasteiger charge is -2.04. The van der Waals surface area contributed by atoms with Gasteiger partial charge in [-0.2, -0.15) is 0 Å². The van der Waals surface area contributed by atoms with Crippen LogP contribution in [-0.2, 0) is 13.1 Å². The van der Waals surface area contributed by atoms with Crippen molar-refractivity contribution in [2.75, 3.05) is 12.4 Å². The molecule has 0 radical (unpaired) electrons. The van der Waals surface area contributed by atoms with Crippen LogP contribution in [0.15, 0.2) is 29.8 Å². The largest absolute Gasteiger partial charge is 0.332 e. The summed E-state index contributed by atoms with van der Waals surface area (Å²) in [6.07, 6.45) is 1.81. The van der Waals surface area contributed by atoms with E-state index in [0.717, 1.165) is 23.9 Å². The maximum absolute atomic E-state index is 4.22. The van der Waals surface area contributed by atoms with Gasteiger partial charge in [-0.25, -0.2) is 4.98 Å². The number of fused-ring (bicyclic) bond motifs is 1. The normalized spacial score (nSPS) is 15.1. The standard InChI is InChI=1S/C12H13N3S/c1-15-7-9-2-3-11(6-10(9)8-15)14-12-13-4-5-16-12/h2-6H,7-8H2,1H3,(H,13,14). The molecule has 0 unspecified atom stereocenters. The third-order valence-electron chi connectivity index (χ3n) is 2.77. The Hall–Kier alpha value is -1.39. The van der Waals surface area contributed by atoms with Gasteiger partial charge >= 0.3 is 0 Å². The molecule has 3 rings (SSSR count). The molecule has 0 bridgehead atoms. The predicted molar refractivity (Wildman–Crippen MR) is 67.0 cm³/mol. The minimum Gasteiger partial charge on any atom is -0.332 e. The van der Waals surface area contributed by atoms with Gasteiger partial charge in [0.1, 0.15) is 0 Å². The Morgan fingerprint density at radius 1 is 1.31 bits per heavy atom. The first-order chi connectivity index (χ1) is 7.81. The quantitative estimate of drug-likeness (QED) is 0.861. The summed E-state index contributed by atoms with van der Waals surface area (Å²) in [5.74, 6) is 0. The summed E-state index contributed by atoms with van der Waals surface area (Å²) in [6, 6.07) is 6.55. The molecule has 2 heterocycles. The van der Waals surface area contributed by atoms with Crippen molar-refractivity contribution >= 4 is 22.2 Å². The molecule has 3 nitrogen and oxygen atoms in total. The monoisotopic (exact) mass is 231 g/mol. The molecule has 4 heteroatoms. The lowest BCUT2D eigenvalue weighted by molar-refractivity contribution is 0.353. The molecule has 2 aromatic rings. The highest BCUT2D eigenvalue weighted by atomic mass is 32.1. The van der Waals surface area contributed by atoms with E-state index in [4.69, 9.17) is 0 Å². The second-order valence-electron chi connectivity index (χ2n) is 4.12. The lowest BCUT2D eigenvalue weighted by atomic mass is 10.1. The number of aromatic nitrogens is 1. The van der Waals surface area contributed by atoms with Crippen molar-refractivity contribution in [1.29, 1.82) is 0 Å². The summed E-state index contributed by atoms with van der Waals surface area (Å²) >= 11 is 1.62. The molecule has 1 N–H and O–H groups in total. The Morgan fingerprint density at radius 2 is 2.19 bits per heavy atom. The average Bonchev–Trinajstić information content (AvgIpc) is 2.85. The van der Waals surface area contributed by atoms with Crippen molar-refractivity contribution in [2.45, 2.75) is 13.1 Å². The van der Waals surface area contributed by atoms with Crippen LogP contribution < -0.4 is 5.32 Å². The zero-order valence-corrected chi connectivity index (χ0v) is 9.92. The molecule has 0 spiro atoms. The smallest absolute Gasteiger partial charge is 0.187 e. The van der Waals surface area contributed by atoms with Gasteiger partial charge in [0.2, 0.25) is 0 Å². The van der Waals surface area contributed by atoms with Gasteiger partial charge in [-0.1, -0.05) is 6.07 Å². The molecule has 0 atom stereocenters. The number of hydrogen-bond acceptors (Lipinski definition) is 4. The van der Waals surface area contributed by atoms with Gasteiger partial charge in [-0.3, -0.25) is 4.90 Å². The minimum atomic E-state index is 0.950. The topological polar surface area (TPSA) is 28.2 Å². The zero-order valence-electron chi connectivity index (χ0n) is 9.10. The maximum atomic E-state index is 4.22. The minimum absolute atomic E-state index is 0.950. The van der Waals surface area contributed by atoms with Crippen molar-refractivity contribution in [3.05, 3.63) is 40.9 Å². The molecule has 1 aromatic heterocycles. The van der Waals surface area contributed by atoms with Crippen LogP contribution >= 0.6 is 11.3 Å². The molecule has 1 aromatic carbocycles. The number of hydrogen-bond donors (Lipinski definition) is 1. The van der Waals surface area contributed by atoms with Gasteiger partial charge in [-0.15, -0.1) is 11.3 Å². The number of anilines is 2. The van der Waals surface area contributed by atoms with Crippen LogP contribution in [0.25, 0.3) is 0 Å². The number of nitrogens with zero attached hydrogens (tertiary/aromatic N) is 2. The molecule has 0 fully saturated rings. The van der Waals surface area contributed by atoms with Crippen molar-refractivity contribution < 1.29 is 0 Å². The average molecular weight is 231 g/mol. The first-order valence-electron chi connectivity index (χ1n) is 5.28. The third-order valence-corrected chi connectivity index (χ3v) is 3.46. The number of nitrogens with one attached hydrogen (secondary N) is 1. The second kappa shape index (κ2) is 3.88. The van der Waals surface area contributed by atoms with Crippen molar-refractivity contribution in [2.24, 2.45) is 0 Å². The highest BCUT2D eigenvalue weighted by Crippen LogP contribution is 2.26. The summed E-state index contributed by atoms with van der Waals surface area (Å²) < 4.78 is 0. The number of rotatable bonds is 2. The molecule has 0 saturated carbocycles. The molecular weight excluding hydrogens is 218 g/mol. The van der Waals surface area contributed by atoms with Crippen LogP contribution in [0.2, 0.25) is 0 Å². The van der Waals surface area contributed by atoms with Gasteiger partial charge in [-0.05, 0) is 30.3 Å². The first kappa shape index (κ1) is 9.81. The number of thiazole rings is 1. The SMILES string of the molecule is CN1Cc2ccc(Nc3nccs3)cc2C1. The molecule has 0 saturated heterocycles. The van der Waals surface area contributed by atoms with Gasteiger partial charge in [0.05, 0.1) is 0 Å². The van der Waals surface area contributed by atoms with Crippen LogP contribution in [0.5, 0.6) is 0 Å². The van der Waals surface area contributed by atoms with Crippen LogP contribution in [0.1, 0.15) is 11.1 Å². The van der Waals surface area contributed by atoms with Crippen LogP contribution in [0.3, 0.4) is 0 Å². The fourth-order valence-electron chi connectivity index (χ4n) is 2.05. The Morgan fingerprint density at radius 3 is 3.00 bits per heavy atom. The van der Waals surface area contributed by atoms with Crippen LogP contribution in [-0.4, -0.2) is 16.9 Å².